The monoisotopic (exact) mass is 169 g/mol. The van der Waals surface area contributed by atoms with Gasteiger partial charge in [-0.3, -0.25) is 0 Å². The highest BCUT2D eigenvalue weighted by Gasteiger charge is 2.00. The van der Waals surface area contributed by atoms with Gasteiger partial charge in [0, 0.05) is 24.8 Å². The molecule has 0 aliphatic heterocycles. The Kier molecular flexibility index (Phi) is 3.84. The number of nitrogens with one attached hydrogen (secondary N) is 1. The molecule has 12 heavy (non-hydrogen) atoms. The summed E-state index contributed by atoms with van der Waals surface area (Å²) in [6, 6.07) is 2.28. The molecule has 1 heterocycles. The van der Waals surface area contributed by atoms with Crippen LogP contribution in [0.1, 0.15) is 18.9 Å². The lowest BCUT2D eigenvalue weighted by Crippen LogP contribution is -2.26. The van der Waals surface area contributed by atoms with Crippen LogP contribution in [0, 0.1) is 0 Å². The van der Waals surface area contributed by atoms with Crippen LogP contribution in [0.15, 0.2) is 23.0 Å². The molecule has 68 valence electrons. The van der Waals surface area contributed by atoms with Crippen LogP contribution in [-0.2, 0) is 6.54 Å². The average Bonchev–Trinajstić information content (AvgIpc) is 2.53. The van der Waals surface area contributed by atoms with Gasteiger partial charge in [-0.2, -0.15) is 0 Å². The van der Waals surface area contributed by atoms with Gasteiger partial charge in [0.2, 0.25) is 0 Å². The van der Waals surface area contributed by atoms with E-state index in [2.05, 4.69) is 12.2 Å². The maximum atomic E-state index is 8.64. The molecule has 0 fully saturated rings. The quantitative estimate of drug-likeness (QED) is 0.694. The van der Waals surface area contributed by atoms with Crippen molar-refractivity contribution in [2.24, 2.45) is 0 Å². The lowest BCUT2D eigenvalue weighted by atomic mass is 10.2. The first-order valence-corrected chi connectivity index (χ1v) is 4.18. The molecule has 1 atom stereocenters. The Morgan fingerprint density at radius 1 is 1.67 bits per heavy atom. The standard InChI is InChI=1S/C9H15NO2/c1-8(2-4-11)10-6-9-3-5-12-7-9/h3,5,7-8,10-11H,2,4,6H2,1H3/t8-/m1/s1. The van der Waals surface area contributed by atoms with Crippen molar-refractivity contribution in [3.8, 4) is 0 Å². The van der Waals surface area contributed by atoms with Crippen LogP contribution in [0.4, 0.5) is 0 Å². The third kappa shape index (κ3) is 3.07. The molecule has 1 aromatic rings. The molecule has 0 bridgehead atoms. The summed E-state index contributed by atoms with van der Waals surface area (Å²) in [5.74, 6) is 0. The summed E-state index contributed by atoms with van der Waals surface area (Å²) >= 11 is 0. The van der Waals surface area contributed by atoms with Gasteiger partial charge in [0.05, 0.1) is 12.5 Å². The molecule has 1 rings (SSSR count). The Bertz CT molecular complexity index is 196. The van der Waals surface area contributed by atoms with Crippen molar-refractivity contribution in [3.63, 3.8) is 0 Å². The highest BCUT2D eigenvalue weighted by Crippen LogP contribution is 2.00. The minimum atomic E-state index is 0.236. The van der Waals surface area contributed by atoms with Crippen LogP contribution >= 0.6 is 0 Å². The molecule has 0 saturated carbocycles. The van der Waals surface area contributed by atoms with Crippen molar-refractivity contribution in [3.05, 3.63) is 24.2 Å². The summed E-state index contributed by atoms with van der Waals surface area (Å²) in [4.78, 5) is 0. The van der Waals surface area contributed by atoms with Crippen LogP contribution in [0.3, 0.4) is 0 Å². The molecule has 0 radical (unpaired) electrons. The normalized spacial score (nSPS) is 13.2. The molecule has 0 amide bonds. The van der Waals surface area contributed by atoms with E-state index in [1.807, 2.05) is 6.07 Å². The fourth-order valence-corrected chi connectivity index (χ4v) is 0.981. The molecule has 3 nitrogen and oxygen atoms in total. The topological polar surface area (TPSA) is 45.4 Å². The maximum absolute atomic E-state index is 8.64. The van der Waals surface area contributed by atoms with Gasteiger partial charge in [0.25, 0.3) is 0 Å². The average molecular weight is 169 g/mol. The lowest BCUT2D eigenvalue weighted by molar-refractivity contribution is 0.268. The van der Waals surface area contributed by atoms with Crippen molar-refractivity contribution in [1.82, 2.24) is 5.32 Å². The fraction of sp³-hybridized carbons (Fsp3) is 0.556. The van der Waals surface area contributed by atoms with Crippen molar-refractivity contribution in [2.45, 2.75) is 25.9 Å². The van der Waals surface area contributed by atoms with Crippen LogP contribution in [0.5, 0.6) is 0 Å². The van der Waals surface area contributed by atoms with Crippen LogP contribution in [0.2, 0.25) is 0 Å². The molecule has 0 aliphatic rings. The highest BCUT2D eigenvalue weighted by atomic mass is 16.3. The van der Waals surface area contributed by atoms with Gasteiger partial charge in [-0.15, -0.1) is 0 Å². The van der Waals surface area contributed by atoms with Gasteiger partial charge in [0.1, 0.15) is 0 Å². The first-order chi connectivity index (χ1) is 5.83. The van der Waals surface area contributed by atoms with Gasteiger partial charge in [-0.1, -0.05) is 0 Å². The van der Waals surface area contributed by atoms with Crippen molar-refractivity contribution in [2.75, 3.05) is 6.61 Å². The Balaban J connectivity index is 2.17. The zero-order chi connectivity index (χ0) is 8.81. The van der Waals surface area contributed by atoms with Gasteiger partial charge in [-0.25, -0.2) is 0 Å². The van der Waals surface area contributed by atoms with Crippen molar-refractivity contribution in [1.29, 1.82) is 0 Å². The molecule has 0 unspecified atom stereocenters. The minimum absolute atomic E-state index is 0.236. The number of hydrogen-bond donors (Lipinski definition) is 2. The second kappa shape index (κ2) is 4.95. The SMILES string of the molecule is C[C@H](CCO)NCc1ccoc1. The van der Waals surface area contributed by atoms with E-state index < -0.39 is 0 Å². The third-order valence-electron chi connectivity index (χ3n) is 1.80. The number of furan rings is 1. The Morgan fingerprint density at radius 3 is 3.08 bits per heavy atom. The van der Waals surface area contributed by atoms with Crippen LogP contribution in [0.25, 0.3) is 0 Å². The maximum Gasteiger partial charge on any atom is 0.0947 e. The molecule has 0 saturated heterocycles. The summed E-state index contributed by atoms with van der Waals surface area (Å²) in [6.07, 6.45) is 4.17. The van der Waals surface area contributed by atoms with E-state index >= 15 is 0 Å². The number of aliphatic hydroxyl groups excluding tert-OH is 1. The first kappa shape index (κ1) is 9.29. The van der Waals surface area contributed by atoms with Crippen LogP contribution < -0.4 is 5.32 Å². The van der Waals surface area contributed by atoms with E-state index in [-0.39, 0.29) is 6.61 Å². The smallest absolute Gasteiger partial charge is 0.0947 e. The molecule has 0 aromatic carbocycles. The van der Waals surface area contributed by atoms with E-state index in [9.17, 15) is 0 Å². The summed E-state index contributed by atoms with van der Waals surface area (Å²) in [5, 5.41) is 11.9. The third-order valence-corrected chi connectivity index (χ3v) is 1.80. The lowest BCUT2D eigenvalue weighted by Gasteiger charge is -2.10. The summed E-state index contributed by atoms with van der Waals surface area (Å²) in [7, 11) is 0. The molecule has 0 aliphatic carbocycles. The van der Waals surface area contributed by atoms with E-state index in [1.54, 1.807) is 12.5 Å². The molecule has 1 aromatic heterocycles. The zero-order valence-electron chi connectivity index (χ0n) is 7.29. The van der Waals surface area contributed by atoms with Gasteiger partial charge in [0.15, 0.2) is 0 Å². The van der Waals surface area contributed by atoms with E-state index in [4.69, 9.17) is 9.52 Å². The Hall–Kier alpha value is -0.800. The minimum Gasteiger partial charge on any atom is -0.472 e. The van der Waals surface area contributed by atoms with Gasteiger partial charge < -0.3 is 14.8 Å². The van der Waals surface area contributed by atoms with Gasteiger partial charge in [-0.05, 0) is 19.4 Å². The Morgan fingerprint density at radius 2 is 2.50 bits per heavy atom. The van der Waals surface area contributed by atoms with E-state index in [1.165, 1.54) is 0 Å². The van der Waals surface area contributed by atoms with Crippen molar-refractivity contribution >= 4 is 0 Å². The molecule has 0 spiro atoms. The first-order valence-electron chi connectivity index (χ1n) is 4.18. The fourth-order valence-electron chi connectivity index (χ4n) is 0.981. The Labute approximate surface area is 72.4 Å². The number of aliphatic hydroxyl groups is 1. The molecule has 2 N–H and O–H groups in total. The second-order valence-electron chi connectivity index (χ2n) is 2.93. The zero-order valence-corrected chi connectivity index (χ0v) is 7.29. The molecule has 3 heteroatoms. The van der Waals surface area contributed by atoms with E-state index in [0.29, 0.717) is 6.04 Å². The predicted octanol–water partition coefficient (Wildman–Crippen LogP) is 1.14. The summed E-state index contributed by atoms with van der Waals surface area (Å²) < 4.78 is 4.92. The predicted molar refractivity (Wildman–Crippen MR) is 46.7 cm³/mol. The summed E-state index contributed by atoms with van der Waals surface area (Å²) in [5.41, 5.74) is 1.14. The second-order valence-corrected chi connectivity index (χ2v) is 2.93. The highest BCUT2D eigenvalue weighted by molar-refractivity contribution is 5.04. The number of hydrogen-bond acceptors (Lipinski definition) is 3. The van der Waals surface area contributed by atoms with E-state index in [0.717, 1.165) is 18.5 Å². The van der Waals surface area contributed by atoms with Gasteiger partial charge >= 0.3 is 0 Å². The molecular weight excluding hydrogens is 154 g/mol. The summed E-state index contributed by atoms with van der Waals surface area (Å²) in [6.45, 7) is 3.09. The molecular formula is C9H15NO2. The van der Waals surface area contributed by atoms with Crippen LogP contribution in [-0.4, -0.2) is 17.8 Å². The number of rotatable bonds is 5. The largest absolute Gasteiger partial charge is 0.472 e. The van der Waals surface area contributed by atoms with Crippen molar-refractivity contribution < 1.29 is 9.52 Å².